The highest BCUT2D eigenvalue weighted by Gasteiger charge is 2.15. The minimum Gasteiger partial charge on any atom is -0.494 e. The molecule has 0 saturated carbocycles. The number of ether oxygens (including phenoxy) is 1. The van der Waals surface area contributed by atoms with Crippen LogP contribution in [0.2, 0.25) is 0 Å². The Morgan fingerprint density at radius 2 is 1.94 bits per heavy atom. The predicted octanol–water partition coefficient (Wildman–Crippen LogP) is 1.34. The molecule has 0 aliphatic carbocycles. The summed E-state index contributed by atoms with van der Waals surface area (Å²) in [6.45, 7) is 3.67. The lowest BCUT2D eigenvalue weighted by molar-refractivity contribution is -0.147. The van der Waals surface area contributed by atoms with Crippen molar-refractivity contribution in [3.8, 4) is 5.75 Å². The summed E-state index contributed by atoms with van der Waals surface area (Å²) in [6, 6.07) is 3.54. The molecule has 5 nitrogen and oxygen atoms in total. The van der Waals surface area contributed by atoms with E-state index in [1.165, 1.54) is 7.11 Å². The Balaban J connectivity index is 3.12. The second kappa shape index (κ2) is 4.65. The van der Waals surface area contributed by atoms with Crippen molar-refractivity contribution in [3.05, 3.63) is 23.3 Å². The van der Waals surface area contributed by atoms with Crippen molar-refractivity contribution in [2.24, 2.45) is 0 Å². The van der Waals surface area contributed by atoms with Gasteiger partial charge in [0.15, 0.2) is 0 Å². The van der Waals surface area contributed by atoms with Crippen LogP contribution in [-0.4, -0.2) is 24.1 Å². The summed E-state index contributed by atoms with van der Waals surface area (Å²) in [7, 11) is 1.47. The minimum absolute atomic E-state index is 0.368. The molecule has 0 heterocycles. The van der Waals surface area contributed by atoms with Crippen LogP contribution in [-0.2, 0) is 9.59 Å². The number of carbonyl (C=O) groups excluding carboxylic acids is 1. The van der Waals surface area contributed by atoms with Gasteiger partial charge in [-0.1, -0.05) is 6.07 Å². The first-order valence-electron chi connectivity index (χ1n) is 4.65. The van der Waals surface area contributed by atoms with Crippen LogP contribution in [0.25, 0.3) is 0 Å². The van der Waals surface area contributed by atoms with Crippen molar-refractivity contribution in [3.63, 3.8) is 0 Å². The number of methoxy groups -OCH3 is 1. The minimum atomic E-state index is -1.53. The fraction of sp³-hybridized carbons (Fsp3) is 0.273. The Morgan fingerprint density at radius 1 is 1.31 bits per heavy atom. The highest BCUT2D eigenvalue weighted by molar-refractivity contribution is 6.36. The van der Waals surface area contributed by atoms with E-state index in [9.17, 15) is 9.59 Å². The number of aliphatic carboxylic acids is 1. The van der Waals surface area contributed by atoms with Gasteiger partial charge in [-0.2, -0.15) is 0 Å². The smallest absolute Gasteiger partial charge is 0.394 e. The van der Waals surface area contributed by atoms with Crippen LogP contribution in [0.1, 0.15) is 11.1 Å². The van der Waals surface area contributed by atoms with E-state index < -0.39 is 11.9 Å². The summed E-state index contributed by atoms with van der Waals surface area (Å²) in [5.41, 5.74) is 2.12. The molecule has 1 amide bonds. The van der Waals surface area contributed by atoms with Crippen LogP contribution < -0.4 is 10.1 Å². The number of carbonyl (C=O) groups is 2. The molecule has 0 aliphatic heterocycles. The summed E-state index contributed by atoms with van der Waals surface area (Å²) in [5.74, 6) is -2.13. The quantitative estimate of drug-likeness (QED) is 0.742. The summed E-state index contributed by atoms with van der Waals surface area (Å²) in [4.78, 5) is 21.5. The maximum Gasteiger partial charge on any atom is 0.394 e. The van der Waals surface area contributed by atoms with E-state index in [2.05, 4.69) is 5.32 Å². The van der Waals surface area contributed by atoms with E-state index in [4.69, 9.17) is 9.84 Å². The monoisotopic (exact) mass is 223 g/mol. The van der Waals surface area contributed by atoms with Crippen LogP contribution in [0.5, 0.6) is 5.75 Å². The van der Waals surface area contributed by atoms with Gasteiger partial charge >= 0.3 is 11.9 Å². The van der Waals surface area contributed by atoms with Crippen molar-refractivity contribution in [2.75, 3.05) is 12.4 Å². The van der Waals surface area contributed by atoms with Crippen LogP contribution in [0.15, 0.2) is 12.1 Å². The molecule has 0 fully saturated rings. The molecule has 0 aliphatic rings. The third-order valence-corrected chi connectivity index (χ3v) is 2.07. The van der Waals surface area contributed by atoms with E-state index in [-0.39, 0.29) is 0 Å². The maximum absolute atomic E-state index is 11.0. The van der Waals surface area contributed by atoms with Gasteiger partial charge in [0, 0.05) is 0 Å². The van der Waals surface area contributed by atoms with Crippen molar-refractivity contribution >= 4 is 17.6 Å². The lowest BCUT2D eigenvalue weighted by Gasteiger charge is -2.12. The highest BCUT2D eigenvalue weighted by atomic mass is 16.5. The van der Waals surface area contributed by atoms with Gasteiger partial charge in [0.1, 0.15) is 5.75 Å². The second-order valence-electron chi connectivity index (χ2n) is 3.42. The molecule has 1 aromatic carbocycles. The maximum atomic E-state index is 11.0. The summed E-state index contributed by atoms with van der Waals surface area (Å²) in [5, 5.41) is 10.8. The molecule has 16 heavy (non-hydrogen) atoms. The SMILES string of the molecule is COc1c(C)cc(C)cc1NC(=O)C(=O)O. The third-order valence-electron chi connectivity index (χ3n) is 2.07. The number of anilines is 1. The first-order chi connectivity index (χ1) is 7.45. The van der Waals surface area contributed by atoms with E-state index in [1.54, 1.807) is 6.07 Å². The Kier molecular flexibility index (Phi) is 3.50. The van der Waals surface area contributed by atoms with Crippen LogP contribution in [0.3, 0.4) is 0 Å². The molecule has 0 saturated heterocycles. The van der Waals surface area contributed by atoms with Gasteiger partial charge in [-0.05, 0) is 31.0 Å². The Bertz CT molecular complexity index is 440. The van der Waals surface area contributed by atoms with Gasteiger partial charge in [-0.25, -0.2) is 4.79 Å². The molecule has 1 aromatic rings. The average Bonchev–Trinajstić information content (AvgIpc) is 2.16. The van der Waals surface area contributed by atoms with Crippen LogP contribution in [0.4, 0.5) is 5.69 Å². The number of amides is 1. The van der Waals surface area contributed by atoms with E-state index in [0.29, 0.717) is 11.4 Å². The van der Waals surface area contributed by atoms with Gasteiger partial charge in [0.25, 0.3) is 0 Å². The lowest BCUT2D eigenvalue weighted by atomic mass is 10.1. The molecule has 1 rings (SSSR count). The number of hydrogen-bond donors (Lipinski definition) is 2. The van der Waals surface area contributed by atoms with E-state index in [0.717, 1.165) is 11.1 Å². The summed E-state index contributed by atoms with van der Waals surface area (Å²) in [6.07, 6.45) is 0. The van der Waals surface area contributed by atoms with Gasteiger partial charge in [-0.3, -0.25) is 4.79 Å². The highest BCUT2D eigenvalue weighted by Crippen LogP contribution is 2.29. The van der Waals surface area contributed by atoms with Gasteiger partial charge in [0.05, 0.1) is 12.8 Å². The molecule has 0 atom stereocenters. The first kappa shape index (κ1) is 12.0. The number of benzene rings is 1. The molecule has 0 spiro atoms. The number of nitrogens with one attached hydrogen (secondary N) is 1. The number of rotatable bonds is 2. The Labute approximate surface area is 93.0 Å². The van der Waals surface area contributed by atoms with Crippen molar-refractivity contribution < 1.29 is 19.4 Å². The van der Waals surface area contributed by atoms with E-state index in [1.807, 2.05) is 19.9 Å². The average molecular weight is 223 g/mol. The van der Waals surface area contributed by atoms with Crippen molar-refractivity contribution in [1.29, 1.82) is 0 Å². The molecule has 86 valence electrons. The third kappa shape index (κ3) is 2.50. The van der Waals surface area contributed by atoms with Crippen LogP contribution in [0, 0.1) is 13.8 Å². The normalized spacial score (nSPS) is 9.69. The number of carboxylic acid groups (broad SMARTS) is 1. The zero-order valence-corrected chi connectivity index (χ0v) is 9.33. The molecule has 0 radical (unpaired) electrons. The lowest BCUT2D eigenvalue weighted by Crippen LogP contribution is -2.22. The number of hydrogen-bond acceptors (Lipinski definition) is 3. The molecule has 5 heteroatoms. The summed E-state index contributed by atoms with van der Waals surface area (Å²) >= 11 is 0. The van der Waals surface area contributed by atoms with Crippen LogP contribution >= 0.6 is 0 Å². The molecular formula is C11H13NO4. The molecule has 0 bridgehead atoms. The number of aryl methyl sites for hydroxylation is 2. The Hall–Kier alpha value is -2.04. The zero-order chi connectivity index (χ0) is 12.3. The molecule has 0 aromatic heterocycles. The molecule has 2 N–H and O–H groups in total. The largest absolute Gasteiger partial charge is 0.494 e. The number of carboxylic acids is 1. The fourth-order valence-corrected chi connectivity index (χ4v) is 1.49. The predicted molar refractivity (Wildman–Crippen MR) is 58.7 cm³/mol. The standard InChI is InChI=1S/C11H13NO4/c1-6-4-7(2)9(16-3)8(5-6)12-10(13)11(14)15/h4-5H,1-3H3,(H,12,13)(H,14,15). The molecule has 0 unspecified atom stereocenters. The Morgan fingerprint density at radius 3 is 2.44 bits per heavy atom. The first-order valence-corrected chi connectivity index (χ1v) is 4.65. The van der Waals surface area contributed by atoms with Gasteiger partial charge in [0.2, 0.25) is 0 Å². The van der Waals surface area contributed by atoms with E-state index >= 15 is 0 Å². The fourth-order valence-electron chi connectivity index (χ4n) is 1.49. The second-order valence-corrected chi connectivity index (χ2v) is 3.42. The van der Waals surface area contributed by atoms with Crippen molar-refractivity contribution in [1.82, 2.24) is 0 Å². The molecular weight excluding hydrogens is 210 g/mol. The topological polar surface area (TPSA) is 75.6 Å². The zero-order valence-electron chi connectivity index (χ0n) is 9.33. The summed E-state index contributed by atoms with van der Waals surface area (Å²) < 4.78 is 5.10. The van der Waals surface area contributed by atoms with Crippen molar-refractivity contribution in [2.45, 2.75) is 13.8 Å². The van der Waals surface area contributed by atoms with Gasteiger partial charge < -0.3 is 15.2 Å². The van der Waals surface area contributed by atoms with Gasteiger partial charge in [-0.15, -0.1) is 0 Å².